The third kappa shape index (κ3) is 2.85. The van der Waals surface area contributed by atoms with Crippen LogP contribution in [-0.4, -0.2) is 31.3 Å². The van der Waals surface area contributed by atoms with Gasteiger partial charge in [0.2, 0.25) is 21.8 Å². The Morgan fingerprint density at radius 2 is 2.15 bits per heavy atom. The molecule has 1 saturated heterocycles. The van der Waals surface area contributed by atoms with Crippen molar-refractivity contribution in [2.45, 2.75) is 18.9 Å². The fourth-order valence-electron chi connectivity index (χ4n) is 3.22. The first-order chi connectivity index (χ1) is 13.2. The minimum absolute atomic E-state index is 0.0648. The smallest absolute Gasteiger partial charge is 0.275 e. The van der Waals surface area contributed by atoms with Crippen molar-refractivity contribution in [1.82, 2.24) is 24.7 Å². The Balaban J connectivity index is 1.50. The van der Waals surface area contributed by atoms with Crippen LogP contribution in [0, 0.1) is 0 Å². The minimum Gasteiger partial charge on any atom is -0.337 e. The summed E-state index contributed by atoms with van der Waals surface area (Å²) in [5, 5.41) is 9.32. The van der Waals surface area contributed by atoms with Gasteiger partial charge in [-0.1, -0.05) is 44.6 Å². The van der Waals surface area contributed by atoms with E-state index < -0.39 is 0 Å². The van der Waals surface area contributed by atoms with Crippen LogP contribution < -0.4 is 10.5 Å². The maximum absolute atomic E-state index is 12.0. The first-order valence-corrected chi connectivity index (χ1v) is 10.0. The van der Waals surface area contributed by atoms with Gasteiger partial charge in [0.15, 0.2) is 0 Å². The molecule has 0 N–H and O–H groups in total. The van der Waals surface area contributed by atoms with E-state index in [0.29, 0.717) is 16.7 Å². The molecule has 3 aromatic heterocycles. The standard InChI is InChI=1S/C17H13BrN6O2S/c18-11-5-2-1-4-10(11)14-20-15(26-22-14)12-6-3-9-23(12)17-21-24-13(25)7-8-19-16(24)27-17/h1-2,4-5,7-8,12H,3,6,9H2. The topological polar surface area (TPSA) is 89.4 Å². The Bertz CT molecular complexity index is 1190. The largest absolute Gasteiger partial charge is 0.337 e. The summed E-state index contributed by atoms with van der Waals surface area (Å²) >= 11 is 4.90. The number of rotatable bonds is 3. The van der Waals surface area contributed by atoms with Gasteiger partial charge in [0.1, 0.15) is 6.04 Å². The fourth-order valence-corrected chi connectivity index (χ4v) is 4.64. The molecule has 5 rings (SSSR count). The Morgan fingerprint density at radius 1 is 1.26 bits per heavy atom. The van der Waals surface area contributed by atoms with Gasteiger partial charge in [0.05, 0.1) is 0 Å². The molecule has 4 aromatic rings. The SMILES string of the molecule is O=c1ccnc2sc(N3CCCC3c3nc(-c4ccccc4Br)no3)nn12. The van der Waals surface area contributed by atoms with Crippen LogP contribution in [-0.2, 0) is 0 Å². The summed E-state index contributed by atoms with van der Waals surface area (Å²) in [6.45, 7) is 0.811. The lowest BCUT2D eigenvalue weighted by Gasteiger charge is -2.19. The molecule has 1 unspecified atom stereocenters. The highest BCUT2D eigenvalue weighted by Crippen LogP contribution is 2.38. The van der Waals surface area contributed by atoms with E-state index >= 15 is 0 Å². The van der Waals surface area contributed by atoms with Crippen LogP contribution in [0.3, 0.4) is 0 Å². The Hall–Kier alpha value is -2.59. The molecule has 1 aliphatic heterocycles. The number of aromatic nitrogens is 5. The molecule has 10 heteroatoms. The lowest BCUT2D eigenvalue weighted by Crippen LogP contribution is -2.23. The molecule has 136 valence electrons. The van der Waals surface area contributed by atoms with Crippen LogP contribution in [0.2, 0.25) is 0 Å². The molecule has 0 bridgehead atoms. The highest BCUT2D eigenvalue weighted by molar-refractivity contribution is 9.10. The van der Waals surface area contributed by atoms with Crippen LogP contribution in [0.15, 0.2) is 50.3 Å². The Labute approximate surface area is 165 Å². The van der Waals surface area contributed by atoms with Crippen LogP contribution in [0.25, 0.3) is 16.3 Å². The van der Waals surface area contributed by atoms with Crippen molar-refractivity contribution in [2.75, 3.05) is 11.4 Å². The van der Waals surface area contributed by atoms with Crippen molar-refractivity contribution in [3.63, 3.8) is 0 Å². The highest BCUT2D eigenvalue weighted by atomic mass is 79.9. The molecule has 27 heavy (non-hydrogen) atoms. The average Bonchev–Trinajstić information content (AvgIpc) is 3.40. The summed E-state index contributed by atoms with van der Waals surface area (Å²) in [5.74, 6) is 1.10. The first-order valence-electron chi connectivity index (χ1n) is 8.41. The number of hydrogen-bond donors (Lipinski definition) is 0. The molecule has 0 amide bonds. The fraction of sp³-hybridized carbons (Fsp3) is 0.235. The van der Waals surface area contributed by atoms with E-state index in [2.05, 4.69) is 41.1 Å². The van der Waals surface area contributed by atoms with Crippen LogP contribution in [0.4, 0.5) is 5.13 Å². The zero-order chi connectivity index (χ0) is 18.4. The summed E-state index contributed by atoms with van der Waals surface area (Å²) in [6.07, 6.45) is 3.37. The molecule has 4 heterocycles. The third-order valence-corrected chi connectivity index (χ3v) is 6.15. The molecule has 0 spiro atoms. The van der Waals surface area contributed by atoms with E-state index in [1.54, 1.807) is 0 Å². The van der Waals surface area contributed by atoms with Gasteiger partial charge in [-0.15, -0.1) is 5.10 Å². The summed E-state index contributed by atoms with van der Waals surface area (Å²) in [4.78, 5) is 23.5. The van der Waals surface area contributed by atoms with Crippen molar-refractivity contribution in [1.29, 1.82) is 0 Å². The maximum Gasteiger partial charge on any atom is 0.275 e. The molecule has 1 aliphatic rings. The van der Waals surface area contributed by atoms with Crippen molar-refractivity contribution in [2.24, 2.45) is 0 Å². The van der Waals surface area contributed by atoms with Crippen molar-refractivity contribution >= 4 is 37.4 Å². The number of benzene rings is 1. The van der Waals surface area contributed by atoms with Gasteiger partial charge in [-0.25, -0.2) is 4.98 Å². The van der Waals surface area contributed by atoms with E-state index in [1.807, 2.05) is 24.3 Å². The second-order valence-corrected chi connectivity index (χ2v) is 7.94. The zero-order valence-electron chi connectivity index (χ0n) is 13.9. The number of halogens is 1. The number of hydrogen-bond acceptors (Lipinski definition) is 8. The van der Waals surface area contributed by atoms with E-state index in [9.17, 15) is 4.79 Å². The lowest BCUT2D eigenvalue weighted by atomic mass is 10.2. The molecule has 0 aliphatic carbocycles. The summed E-state index contributed by atoms with van der Waals surface area (Å²) in [6, 6.07) is 9.10. The minimum atomic E-state index is -0.188. The summed E-state index contributed by atoms with van der Waals surface area (Å²) in [5.41, 5.74) is 0.694. The van der Waals surface area contributed by atoms with Gasteiger partial charge in [0, 0.05) is 28.8 Å². The van der Waals surface area contributed by atoms with Gasteiger partial charge in [0.25, 0.3) is 5.56 Å². The number of anilines is 1. The monoisotopic (exact) mass is 444 g/mol. The Kier molecular flexibility index (Phi) is 4.01. The predicted molar refractivity (Wildman–Crippen MR) is 104 cm³/mol. The van der Waals surface area contributed by atoms with Crippen molar-refractivity contribution in [3.05, 3.63) is 57.2 Å². The second kappa shape index (κ2) is 6.54. The van der Waals surface area contributed by atoms with Gasteiger partial charge in [-0.2, -0.15) is 9.50 Å². The second-order valence-electron chi connectivity index (χ2n) is 6.15. The predicted octanol–water partition coefficient (Wildman–Crippen LogP) is 3.31. The number of fused-ring (bicyclic) bond motifs is 1. The van der Waals surface area contributed by atoms with Crippen LogP contribution >= 0.6 is 27.3 Å². The van der Waals surface area contributed by atoms with Gasteiger partial charge in [-0.05, 0) is 25.0 Å². The van der Waals surface area contributed by atoms with E-state index in [0.717, 1.165) is 34.6 Å². The van der Waals surface area contributed by atoms with Crippen molar-refractivity contribution < 1.29 is 4.52 Å². The van der Waals surface area contributed by atoms with E-state index in [1.165, 1.54) is 28.1 Å². The van der Waals surface area contributed by atoms with Gasteiger partial charge >= 0.3 is 0 Å². The van der Waals surface area contributed by atoms with Gasteiger partial charge < -0.3 is 9.42 Å². The molecule has 8 nitrogen and oxygen atoms in total. The molecular formula is C17H13BrN6O2S. The molecule has 1 aromatic carbocycles. The molecule has 0 radical (unpaired) electrons. The summed E-state index contributed by atoms with van der Waals surface area (Å²) < 4.78 is 7.82. The van der Waals surface area contributed by atoms with E-state index in [-0.39, 0.29) is 11.6 Å². The van der Waals surface area contributed by atoms with E-state index in [4.69, 9.17) is 4.52 Å². The maximum atomic E-state index is 12.0. The van der Waals surface area contributed by atoms with Crippen molar-refractivity contribution in [3.8, 4) is 11.4 Å². The molecular weight excluding hydrogens is 432 g/mol. The Morgan fingerprint density at radius 3 is 3.00 bits per heavy atom. The highest BCUT2D eigenvalue weighted by Gasteiger charge is 2.33. The molecule has 1 atom stereocenters. The zero-order valence-corrected chi connectivity index (χ0v) is 16.4. The normalized spacial score (nSPS) is 17.1. The quantitative estimate of drug-likeness (QED) is 0.478. The van der Waals surface area contributed by atoms with Crippen LogP contribution in [0.5, 0.6) is 0 Å². The molecule has 1 fully saturated rings. The average molecular weight is 445 g/mol. The number of nitrogens with zero attached hydrogens (tertiary/aromatic N) is 6. The lowest BCUT2D eigenvalue weighted by molar-refractivity contribution is 0.355. The third-order valence-electron chi connectivity index (χ3n) is 4.50. The summed E-state index contributed by atoms with van der Waals surface area (Å²) in [7, 11) is 0. The van der Waals surface area contributed by atoms with Crippen LogP contribution in [0.1, 0.15) is 24.8 Å². The van der Waals surface area contributed by atoms with Gasteiger partial charge in [-0.3, -0.25) is 4.79 Å². The first kappa shape index (κ1) is 16.6. The molecule has 0 saturated carbocycles.